The number of piperidine rings is 1. The van der Waals surface area contributed by atoms with E-state index in [1.807, 2.05) is 44.9 Å². The number of benzene rings is 1. The van der Waals surface area contributed by atoms with Gasteiger partial charge in [-0.15, -0.1) is 0 Å². The number of aromatic hydroxyl groups is 1. The minimum Gasteiger partial charge on any atom is -0.506 e. The second-order valence-corrected chi connectivity index (χ2v) is 8.13. The number of rotatable bonds is 0. The third kappa shape index (κ3) is 5.48. The van der Waals surface area contributed by atoms with Gasteiger partial charge in [-0.1, -0.05) is 33.3 Å². The zero-order chi connectivity index (χ0) is 23.1. The van der Waals surface area contributed by atoms with Crippen LogP contribution in [0.25, 0.3) is 5.57 Å². The average Bonchev–Trinajstić information content (AvgIpc) is 2.93. The lowest BCUT2D eigenvalue weighted by atomic mass is 9.88. The van der Waals surface area contributed by atoms with Crippen molar-refractivity contribution < 1.29 is 9.90 Å². The van der Waals surface area contributed by atoms with Gasteiger partial charge in [-0.2, -0.15) is 0 Å². The van der Waals surface area contributed by atoms with E-state index in [4.69, 9.17) is 10.7 Å². The van der Waals surface area contributed by atoms with Crippen LogP contribution >= 0.6 is 15.9 Å². The molecule has 5 nitrogen and oxygen atoms in total. The summed E-state index contributed by atoms with van der Waals surface area (Å²) in [5, 5.41) is 10.1. The minimum atomic E-state index is 0.122. The predicted octanol–water partition coefficient (Wildman–Crippen LogP) is 5.73. The van der Waals surface area contributed by atoms with Gasteiger partial charge in [0.1, 0.15) is 5.75 Å². The van der Waals surface area contributed by atoms with Crippen LogP contribution in [0, 0.1) is 0 Å². The highest BCUT2D eigenvalue weighted by molar-refractivity contribution is 9.10. The van der Waals surface area contributed by atoms with Crippen LogP contribution in [0.2, 0.25) is 0 Å². The zero-order valence-electron chi connectivity index (χ0n) is 19.3. The van der Waals surface area contributed by atoms with Gasteiger partial charge in [-0.25, -0.2) is 0 Å². The fraction of sp³-hybridized carbons (Fsp3) is 0.440. The van der Waals surface area contributed by atoms with Crippen molar-refractivity contribution in [1.29, 1.82) is 0 Å². The fourth-order valence-corrected chi connectivity index (χ4v) is 4.46. The summed E-state index contributed by atoms with van der Waals surface area (Å²) in [4.78, 5) is 18.3. The van der Waals surface area contributed by atoms with Crippen molar-refractivity contribution in [2.75, 3.05) is 18.8 Å². The van der Waals surface area contributed by atoms with Crippen molar-refractivity contribution in [1.82, 2.24) is 9.88 Å². The maximum Gasteiger partial charge on any atom is 0.219 e. The molecule has 1 aromatic heterocycles. The molecular weight excluding hydrogens is 454 g/mol. The molecule has 2 aliphatic rings. The molecule has 0 radical (unpaired) electrons. The number of likely N-dealkylation sites (tertiary alicyclic amines) is 1. The van der Waals surface area contributed by atoms with Crippen LogP contribution in [0.5, 0.6) is 5.75 Å². The number of nitrogens with zero attached hydrogens (tertiary/aromatic N) is 2. The van der Waals surface area contributed by atoms with Gasteiger partial charge >= 0.3 is 0 Å². The molecule has 0 bridgehead atoms. The molecule has 1 aliphatic carbocycles. The van der Waals surface area contributed by atoms with E-state index in [1.165, 1.54) is 11.1 Å². The Morgan fingerprint density at radius 2 is 1.65 bits per heavy atom. The van der Waals surface area contributed by atoms with E-state index in [2.05, 4.69) is 22.0 Å². The summed E-state index contributed by atoms with van der Waals surface area (Å²) in [5.74, 6) is 0.251. The lowest BCUT2D eigenvalue weighted by Crippen LogP contribution is -2.34. The molecule has 3 N–H and O–H groups in total. The maximum atomic E-state index is 11.7. The van der Waals surface area contributed by atoms with Crippen LogP contribution in [0.1, 0.15) is 69.8 Å². The van der Waals surface area contributed by atoms with Crippen LogP contribution in [-0.4, -0.2) is 34.0 Å². The number of anilines is 1. The zero-order valence-corrected chi connectivity index (χ0v) is 20.8. The average molecular weight is 488 g/mol. The number of hydrogen-bond donors (Lipinski definition) is 2. The molecule has 0 atom stereocenters. The van der Waals surface area contributed by atoms with Crippen molar-refractivity contribution in [2.24, 2.45) is 0 Å². The van der Waals surface area contributed by atoms with Gasteiger partial charge in [0.2, 0.25) is 5.91 Å². The number of fused-ring (bicyclic) bond motifs is 2. The highest BCUT2D eigenvalue weighted by atomic mass is 79.9. The van der Waals surface area contributed by atoms with Crippen LogP contribution in [0.4, 0.5) is 5.69 Å². The number of nitrogen functional groups attached to an aromatic ring is 1. The van der Waals surface area contributed by atoms with Crippen molar-refractivity contribution >= 4 is 33.1 Å². The van der Waals surface area contributed by atoms with Crippen molar-refractivity contribution in [3.63, 3.8) is 0 Å². The summed E-state index contributed by atoms with van der Waals surface area (Å²) in [6.45, 7) is 11.1. The highest BCUT2D eigenvalue weighted by Gasteiger charge is 2.26. The van der Waals surface area contributed by atoms with E-state index in [0.717, 1.165) is 65.6 Å². The van der Waals surface area contributed by atoms with Crippen LogP contribution < -0.4 is 5.73 Å². The minimum absolute atomic E-state index is 0.122. The number of amides is 1. The molecule has 2 heterocycles. The third-order valence-electron chi connectivity index (χ3n) is 5.52. The van der Waals surface area contributed by atoms with E-state index in [9.17, 15) is 9.90 Å². The lowest BCUT2D eigenvalue weighted by Gasteiger charge is -2.29. The molecule has 4 rings (SSSR count). The molecule has 0 unspecified atom stereocenters. The van der Waals surface area contributed by atoms with Crippen LogP contribution in [0.3, 0.4) is 0 Å². The summed E-state index contributed by atoms with van der Waals surface area (Å²) in [5.41, 5.74) is 13.2. The second kappa shape index (κ2) is 11.3. The number of aromatic nitrogens is 1. The number of pyridine rings is 1. The summed E-state index contributed by atoms with van der Waals surface area (Å²) in [6, 6.07) is 5.79. The molecule has 1 amide bonds. The number of halogens is 1. The van der Waals surface area contributed by atoms with E-state index in [1.54, 1.807) is 13.0 Å². The Morgan fingerprint density at radius 3 is 2.26 bits per heavy atom. The predicted molar refractivity (Wildman–Crippen MR) is 132 cm³/mol. The van der Waals surface area contributed by atoms with Crippen molar-refractivity contribution in [2.45, 2.75) is 60.3 Å². The first kappa shape index (κ1) is 24.9. The number of phenols is 1. The first-order valence-electron chi connectivity index (χ1n) is 11.2. The second-order valence-electron chi connectivity index (χ2n) is 7.21. The third-order valence-corrected chi connectivity index (χ3v) is 5.96. The standard InChI is InChI=1S/C21H22BrN3O2.2C2H6/c1-12(26)25-6-4-13(5-7-25)20-17-10-18(23)19(27)9-14(17)2-3-15-8-16(22)11-24-21(15)20;2*1-2/h8-11,27H,2-7,23H2,1H3;2*1-2H3. The Morgan fingerprint density at radius 1 is 1.03 bits per heavy atom. The smallest absolute Gasteiger partial charge is 0.219 e. The van der Waals surface area contributed by atoms with Gasteiger partial charge in [-0.05, 0) is 76.5 Å². The Labute approximate surface area is 194 Å². The first-order chi connectivity index (χ1) is 14.9. The molecule has 0 spiro atoms. The molecule has 0 saturated carbocycles. The highest BCUT2D eigenvalue weighted by Crippen LogP contribution is 2.40. The largest absolute Gasteiger partial charge is 0.506 e. The van der Waals surface area contributed by atoms with Gasteiger partial charge in [0.25, 0.3) is 0 Å². The number of phenolic OH excluding ortho intramolecular Hbond substituents is 1. The molecule has 2 aromatic rings. The van der Waals surface area contributed by atoms with E-state index in [-0.39, 0.29) is 11.7 Å². The Kier molecular flexibility index (Phi) is 9.11. The molecule has 1 aromatic carbocycles. The topological polar surface area (TPSA) is 79.5 Å². The fourth-order valence-electron chi connectivity index (χ4n) is 4.08. The molecule has 31 heavy (non-hydrogen) atoms. The number of carbonyl (C=O) groups is 1. The Hall–Kier alpha value is -2.34. The van der Waals surface area contributed by atoms with Gasteiger partial charge in [0.15, 0.2) is 0 Å². The summed E-state index contributed by atoms with van der Waals surface area (Å²) in [7, 11) is 0. The number of hydrogen-bond acceptors (Lipinski definition) is 4. The lowest BCUT2D eigenvalue weighted by molar-refractivity contribution is -0.129. The number of aryl methyl sites for hydroxylation is 2. The number of carbonyl (C=O) groups excluding carboxylic acids is 1. The Balaban J connectivity index is 0.000000807. The van der Waals surface area contributed by atoms with E-state index < -0.39 is 0 Å². The summed E-state index contributed by atoms with van der Waals surface area (Å²) >= 11 is 3.53. The molecule has 1 aliphatic heterocycles. The molecule has 1 saturated heterocycles. The molecule has 168 valence electrons. The quantitative estimate of drug-likeness (QED) is 0.367. The Bertz CT molecular complexity index is 959. The van der Waals surface area contributed by atoms with Crippen LogP contribution in [-0.2, 0) is 17.6 Å². The van der Waals surface area contributed by atoms with Gasteiger partial charge in [-0.3, -0.25) is 9.78 Å². The van der Waals surface area contributed by atoms with Crippen molar-refractivity contribution in [3.05, 3.63) is 56.8 Å². The van der Waals surface area contributed by atoms with Gasteiger partial charge in [0, 0.05) is 36.3 Å². The van der Waals surface area contributed by atoms with Crippen molar-refractivity contribution in [3.8, 4) is 5.75 Å². The number of nitrogens with two attached hydrogens (primary N) is 1. The SMILES string of the molecule is CC.CC.CC(=O)N1CCC(=C2c3cc(N)c(O)cc3CCc3cc(Br)cnc32)CC1. The van der Waals surface area contributed by atoms with E-state index in [0.29, 0.717) is 5.69 Å². The van der Waals surface area contributed by atoms with Crippen LogP contribution in [0.15, 0.2) is 34.4 Å². The first-order valence-corrected chi connectivity index (χ1v) is 12.0. The summed E-state index contributed by atoms with van der Waals surface area (Å²) in [6.07, 6.45) is 5.16. The summed E-state index contributed by atoms with van der Waals surface area (Å²) < 4.78 is 0.963. The normalized spacial score (nSPS) is 14.8. The molecular formula is C25H34BrN3O2. The van der Waals surface area contributed by atoms with Gasteiger partial charge < -0.3 is 15.7 Å². The molecule has 6 heteroatoms. The van der Waals surface area contributed by atoms with Gasteiger partial charge in [0.05, 0.1) is 11.4 Å². The maximum absolute atomic E-state index is 11.7. The monoisotopic (exact) mass is 487 g/mol. The van der Waals surface area contributed by atoms with E-state index >= 15 is 0 Å². The molecule has 1 fully saturated rings.